The Morgan fingerprint density at radius 1 is 1.53 bits per heavy atom. The molecule has 4 heteroatoms. The first kappa shape index (κ1) is 13.5. The lowest BCUT2D eigenvalue weighted by Gasteiger charge is -2.26. The van der Waals surface area contributed by atoms with E-state index in [1.165, 1.54) is 0 Å². The second-order valence-corrected chi connectivity index (χ2v) is 4.27. The van der Waals surface area contributed by atoms with Crippen molar-refractivity contribution in [3.8, 4) is 6.07 Å². The van der Waals surface area contributed by atoms with Gasteiger partial charge in [-0.3, -0.25) is 0 Å². The lowest BCUT2D eigenvalue weighted by molar-refractivity contribution is 0.670. The second-order valence-electron chi connectivity index (χ2n) is 4.27. The van der Waals surface area contributed by atoms with Gasteiger partial charge in [0.15, 0.2) is 0 Å². The van der Waals surface area contributed by atoms with Gasteiger partial charge in [0.1, 0.15) is 5.82 Å². The van der Waals surface area contributed by atoms with Crippen LogP contribution in [-0.2, 0) is 0 Å². The van der Waals surface area contributed by atoms with Gasteiger partial charge in [0, 0.05) is 30.9 Å². The van der Waals surface area contributed by atoms with Gasteiger partial charge in [0.25, 0.3) is 0 Å². The van der Waals surface area contributed by atoms with Gasteiger partial charge >= 0.3 is 0 Å². The summed E-state index contributed by atoms with van der Waals surface area (Å²) >= 11 is 0. The van der Waals surface area contributed by atoms with Crippen molar-refractivity contribution in [1.29, 1.82) is 5.26 Å². The molecule has 0 aliphatic carbocycles. The molecule has 92 valence electrons. The highest BCUT2D eigenvalue weighted by molar-refractivity contribution is 5.48. The van der Waals surface area contributed by atoms with Crippen LogP contribution in [0.4, 0.5) is 5.82 Å². The number of aromatic nitrogens is 1. The van der Waals surface area contributed by atoms with Gasteiger partial charge in [0.2, 0.25) is 0 Å². The highest BCUT2D eigenvalue weighted by Crippen LogP contribution is 2.22. The number of nitrogens with two attached hydrogens (primary N) is 1. The zero-order valence-electron chi connectivity index (χ0n) is 10.7. The molecule has 0 radical (unpaired) electrons. The largest absolute Gasteiger partial charge is 0.355 e. The Bertz CT molecular complexity index is 395. The number of pyridine rings is 1. The number of nitrogens with zero attached hydrogens (tertiary/aromatic N) is 3. The highest BCUT2D eigenvalue weighted by Gasteiger charge is 2.15. The van der Waals surface area contributed by atoms with E-state index < -0.39 is 0 Å². The van der Waals surface area contributed by atoms with E-state index in [0.717, 1.165) is 17.9 Å². The lowest BCUT2D eigenvalue weighted by atomic mass is 10.1. The average molecular weight is 232 g/mol. The van der Waals surface area contributed by atoms with Crippen LogP contribution in [0.15, 0.2) is 18.3 Å². The Hall–Kier alpha value is -1.60. The van der Waals surface area contributed by atoms with Crippen LogP contribution >= 0.6 is 0 Å². The van der Waals surface area contributed by atoms with Crippen molar-refractivity contribution in [3.05, 3.63) is 23.9 Å². The van der Waals surface area contributed by atoms with Crippen molar-refractivity contribution in [2.24, 2.45) is 11.7 Å². The number of hydrogen-bond donors (Lipinski definition) is 1. The predicted octanol–water partition coefficient (Wildman–Crippen LogP) is 2.09. The summed E-state index contributed by atoms with van der Waals surface area (Å²) < 4.78 is 0. The van der Waals surface area contributed by atoms with Crippen LogP contribution in [0.1, 0.15) is 32.4 Å². The molecule has 1 heterocycles. The Kier molecular flexibility index (Phi) is 4.92. The van der Waals surface area contributed by atoms with Crippen molar-refractivity contribution >= 4 is 5.82 Å². The summed E-state index contributed by atoms with van der Waals surface area (Å²) in [5, 5.41) is 8.88. The summed E-state index contributed by atoms with van der Waals surface area (Å²) in [4.78, 5) is 6.50. The smallest absolute Gasteiger partial charge is 0.133 e. The zero-order chi connectivity index (χ0) is 12.8. The third-order valence-corrected chi connectivity index (χ3v) is 2.70. The topological polar surface area (TPSA) is 65.9 Å². The number of nitriles is 1. The fourth-order valence-corrected chi connectivity index (χ4v) is 1.77. The summed E-state index contributed by atoms with van der Waals surface area (Å²) in [6.45, 7) is 7.43. The van der Waals surface area contributed by atoms with Gasteiger partial charge in [-0.25, -0.2) is 4.98 Å². The first-order chi connectivity index (χ1) is 8.10. The molecular formula is C13H20N4. The molecule has 0 bridgehead atoms. The maximum Gasteiger partial charge on any atom is 0.133 e. The fraction of sp³-hybridized carbons (Fsp3) is 0.538. The lowest BCUT2D eigenvalue weighted by Crippen LogP contribution is -2.30. The monoisotopic (exact) mass is 232 g/mol. The van der Waals surface area contributed by atoms with Gasteiger partial charge in [-0.05, 0) is 26.8 Å². The van der Waals surface area contributed by atoms with Gasteiger partial charge < -0.3 is 10.6 Å². The molecule has 4 nitrogen and oxygen atoms in total. The van der Waals surface area contributed by atoms with Gasteiger partial charge in [-0.15, -0.1) is 0 Å². The van der Waals surface area contributed by atoms with E-state index in [1.807, 2.05) is 26.0 Å². The van der Waals surface area contributed by atoms with E-state index in [2.05, 4.69) is 22.9 Å². The van der Waals surface area contributed by atoms with E-state index >= 15 is 0 Å². The minimum Gasteiger partial charge on any atom is -0.355 e. The van der Waals surface area contributed by atoms with E-state index in [9.17, 15) is 0 Å². The van der Waals surface area contributed by atoms with Crippen molar-refractivity contribution < 1.29 is 0 Å². The SMILES string of the molecule is CCN(CC(C)C#N)c1ncccc1[C@@H](C)N. The summed E-state index contributed by atoms with van der Waals surface area (Å²) in [6.07, 6.45) is 1.76. The summed E-state index contributed by atoms with van der Waals surface area (Å²) in [5.41, 5.74) is 6.97. The first-order valence-electron chi connectivity index (χ1n) is 5.95. The van der Waals surface area contributed by atoms with Crippen molar-refractivity contribution in [3.63, 3.8) is 0 Å². The molecule has 0 saturated heterocycles. The molecule has 0 aliphatic rings. The molecule has 2 atom stereocenters. The average Bonchev–Trinajstić information content (AvgIpc) is 2.35. The predicted molar refractivity (Wildman–Crippen MR) is 69.5 cm³/mol. The molecule has 0 saturated carbocycles. The van der Waals surface area contributed by atoms with Gasteiger partial charge in [0.05, 0.1) is 12.0 Å². The summed E-state index contributed by atoms with van der Waals surface area (Å²) in [7, 11) is 0. The van der Waals surface area contributed by atoms with Crippen molar-refractivity contribution in [1.82, 2.24) is 4.98 Å². The van der Waals surface area contributed by atoms with Crippen LogP contribution in [-0.4, -0.2) is 18.1 Å². The van der Waals surface area contributed by atoms with E-state index in [-0.39, 0.29) is 12.0 Å². The van der Waals surface area contributed by atoms with Crippen molar-refractivity contribution in [2.75, 3.05) is 18.0 Å². The second kappa shape index (κ2) is 6.21. The number of anilines is 1. The van der Waals surface area contributed by atoms with Crippen LogP contribution in [0.25, 0.3) is 0 Å². The molecule has 1 aromatic rings. The quantitative estimate of drug-likeness (QED) is 0.844. The first-order valence-corrected chi connectivity index (χ1v) is 5.95. The summed E-state index contributed by atoms with van der Waals surface area (Å²) in [5.74, 6) is 0.880. The Balaban J connectivity index is 2.99. The molecule has 17 heavy (non-hydrogen) atoms. The fourth-order valence-electron chi connectivity index (χ4n) is 1.77. The molecule has 0 spiro atoms. The van der Waals surface area contributed by atoms with E-state index in [0.29, 0.717) is 6.54 Å². The van der Waals surface area contributed by atoms with E-state index in [1.54, 1.807) is 6.20 Å². The molecule has 1 aromatic heterocycles. The third kappa shape index (κ3) is 3.43. The van der Waals surface area contributed by atoms with Crippen LogP contribution in [0.5, 0.6) is 0 Å². The van der Waals surface area contributed by atoms with Crippen LogP contribution in [0, 0.1) is 17.2 Å². The molecule has 1 unspecified atom stereocenters. The molecule has 0 fully saturated rings. The van der Waals surface area contributed by atoms with Crippen LogP contribution in [0.2, 0.25) is 0 Å². The van der Waals surface area contributed by atoms with Crippen LogP contribution < -0.4 is 10.6 Å². The molecular weight excluding hydrogens is 212 g/mol. The van der Waals surface area contributed by atoms with Gasteiger partial charge in [-0.1, -0.05) is 6.07 Å². The number of rotatable bonds is 5. The maximum absolute atomic E-state index is 8.88. The van der Waals surface area contributed by atoms with E-state index in [4.69, 9.17) is 11.0 Å². The normalized spacial score (nSPS) is 13.8. The minimum atomic E-state index is -0.0508. The molecule has 0 aromatic carbocycles. The molecule has 2 N–H and O–H groups in total. The molecule has 1 rings (SSSR count). The minimum absolute atomic E-state index is 0.0158. The molecule has 0 amide bonds. The standard InChI is InChI=1S/C13H20N4/c1-4-17(9-10(2)8-14)13-12(11(3)15)6-5-7-16-13/h5-7,10-11H,4,9,15H2,1-3H3/t10?,11-/m1/s1. The molecule has 0 aliphatic heterocycles. The highest BCUT2D eigenvalue weighted by atomic mass is 15.2. The maximum atomic E-state index is 8.88. The van der Waals surface area contributed by atoms with Crippen molar-refractivity contribution in [2.45, 2.75) is 26.8 Å². The van der Waals surface area contributed by atoms with Crippen LogP contribution in [0.3, 0.4) is 0 Å². The number of hydrogen-bond acceptors (Lipinski definition) is 4. The summed E-state index contributed by atoms with van der Waals surface area (Å²) in [6, 6.07) is 6.08. The Morgan fingerprint density at radius 3 is 2.76 bits per heavy atom. The van der Waals surface area contributed by atoms with Gasteiger partial charge in [-0.2, -0.15) is 5.26 Å². The zero-order valence-corrected chi connectivity index (χ0v) is 10.7. The Morgan fingerprint density at radius 2 is 2.24 bits per heavy atom. The third-order valence-electron chi connectivity index (χ3n) is 2.70. The Labute approximate surface area is 103 Å².